The Labute approximate surface area is 190 Å². The third-order valence-corrected chi connectivity index (χ3v) is 6.02. The van der Waals surface area contributed by atoms with E-state index in [-0.39, 0.29) is 12.5 Å². The highest BCUT2D eigenvalue weighted by molar-refractivity contribution is 5.91. The van der Waals surface area contributed by atoms with Gasteiger partial charge in [-0.05, 0) is 84.7 Å². The third kappa shape index (κ3) is 6.03. The van der Waals surface area contributed by atoms with E-state index in [9.17, 15) is 9.59 Å². The fraction of sp³-hybridized carbons (Fsp3) is 0.600. The number of H-pyrrole nitrogens is 1. The van der Waals surface area contributed by atoms with Gasteiger partial charge in [0.2, 0.25) is 0 Å². The van der Waals surface area contributed by atoms with Crippen LogP contribution in [0.1, 0.15) is 58.4 Å². The summed E-state index contributed by atoms with van der Waals surface area (Å²) in [5.41, 5.74) is 0.794. The molecular formula is C25H37N3O4. The van der Waals surface area contributed by atoms with Gasteiger partial charge >= 0.3 is 12.1 Å². The Morgan fingerprint density at radius 2 is 1.88 bits per heavy atom. The molecule has 1 heterocycles. The van der Waals surface area contributed by atoms with Crippen LogP contribution in [0.2, 0.25) is 0 Å². The number of ether oxygens (including phenoxy) is 2. The number of aromatic amines is 1. The molecule has 0 spiro atoms. The van der Waals surface area contributed by atoms with Crippen LogP contribution >= 0.6 is 0 Å². The van der Waals surface area contributed by atoms with E-state index >= 15 is 0 Å². The first-order valence-corrected chi connectivity index (χ1v) is 11.5. The van der Waals surface area contributed by atoms with Gasteiger partial charge in [-0.2, -0.15) is 0 Å². The number of nitrogens with one attached hydrogen (secondary N) is 2. The first-order chi connectivity index (χ1) is 15.1. The zero-order valence-corrected chi connectivity index (χ0v) is 20.0. The number of esters is 1. The summed E-state index contributed by atoms with van der Waals surface area (Å²) in [4.78, 5) is 30.7. The van der Waals surface area contributed by atoms with E-state index in [2.05, 4.69) is 15.2 Å². The van der Waals surface area contributed by atoms with Crippen LogP contribution in [0.25, 0.3) is 10.9 Å². The average molecular weight is 444 g/mol. The van der Waals surface area contributed by atoms with E-state index in [1.807, 2.05) is 59.3 Å². The first-order valence-electron chi connectivity index (χ1n) is 11.5. The van der Waals surface area contributed by atoms with Crippen LogP contribution in [-0.2, 0) is 16.0 Å². The molecule has 0 radical (unpaired) electrons. The molecule has 1 aliphatic rings. The Kier molecular flexibility index (Phi) is 7.49. The summed E-state index contributed by atoms with van der Waals surface area (Å²) in [5.74, 6) is 0.288. The van der Waals surface area contributed by atoms with Gasteiger partial charge in [0.25, 0.3) is 0 Å². The van der Waals surface area contributed by atoms with Crippen LogP contribution in [0.4, 0.5) is 4.79 Å². The highest BCUT2D eigenvalue weighted by Crippen LogP contribution is 2.34. The molecule has 7 heteroatoms. The van der Waals surface area contributed by atoms with Crippen molar-refractivity contribution >= 4 is 23.0 Å². The second-order valence-corrected chi connectivity index (χ2v) is 10.2. The number of nitrogens with zero attached hydrogens (tertiary/aromatic N) is 1. The predicted octanol–water partition coefficient (Wildman–Crippen LogP) is 4.65. The Balaban J connectivity index is 1.70. The molecule has 2 N–H and O–H groups in total. The van der Waals surface area contributed by atoms with E-state index in [1.165, 1.54) is 0 Å². The summed E-state index contributed by atoms with van der Waals surface area (Å²) < 4.78 is 11.7. The molecule has 1 saturated carbocycles. The van der Waals surface area contributed by atoms with E-state index in [0.717, 1.165) is 61.5 Å². The molecule has 0 unspecified atom stereocenters. The fourth-order valence-corrected chi connectivity index (χ4v) is 4.08. The second-order valence-electron chi connectivity index (χ2n) is 10.2. The van der Waals surface area contributed by atoms with Gasteiger partial charge in [0.05, 0.1) is 12.0 Å². The van der Waals surface area contributed by atoms with Crippen molar-refractivity contribution in [3.8, 4) is 5.75 Å². The maximum atomic E-state index is 12.7. The van der Waals surface area contributed by atoms with Crippen LogP contribution in [0.5, 0.6) is 5.75 Å². The van der Waals surface area contributed by atoms with Crippen molar-refractivity contribution < 1.29 is 19.1 Å². The predicted molar refractivity (Wildman–Crippen MR) is 126 cm³/mol. The lowest BCUT2D eigenvalue weighted by molar-refractivity contribution is -0.172. The number of rotatable bonds is 7. The normalized spacial score (nSPS) is 16.2. The lowest BCUT2D eigenvalue weighted by atomic mass is 9.84. The smallest absolute Gasteiger partial charge is 0.412 e. The maximum absolute atomic E-state index is 12.7. The minimum absolute atomic E-state index is 0.239. The zero-order valence-electron chi connectivity index (χ0n) is 20.0. The lowest BCUT2D eigenvalue weighted by Crippen LogP contribution is -2.49. The van der Waals surface area contributed by atoms with Crippen LogP contribution < -0.4 is 10.1 Å². The number of carbonyl (C=O) groups excluding carboxylic acids is 2. The van der Waals surface area contributed by atoms with Gasteiger partial charge in [-0.3, -0.25) is 4.79 Å². The molecule has 0 bridgehead atoms. The van der Waals surface area contributed by atoms with Gasteiger partial charge in [0.1, 0.15) is 11.4 Å². The van der Waals surface area contributed by atoms with E-state index < -0.39 is 17.1 Å². The third-order valence-electron chi connectivity index (χ3n) is 6.02. The van der Waals surface area contributed by atoms with Gasteiger partial charge in [0.15, 0.2) is 0 Å². The SMILES string of the molecule is CN(C)CCc1c[nH]c2cccc(OC(=O)NCC3(OC(=O)C(C)(C)C)CCCCC3)c12. The van der Waals surface area contributed by atoms with Gasteiger partial charge in [-0.15, -0.1) is 0 Å². The maximum Gasteiger partial charge on any atom is 0.412 e. The summed E-state index contributed by atoms with van der Waals surface area (Å²) >= 11 is 0. The Morgan fingerprint density at radius 3 is 2.53 bits per heavy atom. The molecule has 1 fully saturated rings. The minimum Gasteiger partial charge on any atom is -0.457 e. The highest BCUT2D eigenvalue weighted by atomic mass is 16.6. The molecule has 7 nitrogen and oxygen atoms in total. The van der Waals surface area contributed by atoms with E-state index in [1.54, 1.807) is 0 Å². The highest BCUT2D eigenvalue weighted by Gasteiger charge is 2.39. The molecular weight excluding hydrogens is 406 g/mol. The average Bonchev–Trinajstić information content (AvgIpc) is 3.15. The summed E-state index contributed by atoms with van der Waals surface area (Å²) in [6, 6.07) is 5.65. The topological polar surface area (TPSA) is 83.7 Å². The van der Waals surface area contributed by atoms with Crippen molar-refractivity contribution in [2.75, 3.05) is 27.2 Å². The number of aromatic nitrogens is 1. The van der Waals surface area contributed by atoms with Crippen molar-refractivity contribution in [3.63, 3.8) is 0 Å². The quantitative estimate of drug-likeness (QED) is 0.609. The molecule has 0 atom stereocenters. The monoisotopic (exact) mass is 443 g/mol. The van der Waals surface area contributed by atoms with Crippen LogP contribution in [0, 0.1) is 5.41 Å². The molecule has 1 amide bonds. The molecule has 0 saturated heterocycles. The van der Waals surface area contributed by atoms with Gasteiger partial charge in [-0.25, -0.2) is 4.79 Å². The van der Waals surface area contributed by atoms with Crippen molar-refractivity contribution in [2.24, 2.45) is 5.41 Å². The standard InChI is InChI=1S/C25H37N3O4/c1-24(2,3)22(29)32-25(13-7-6-8-14-25)17-27-23(30)31-20-11-9-10-19-21(20)18(16-26-19)12-15-28(4)5/h9-11,16,26H,6-8,12-15,17H2,1-5H3,(H,27,30). The molecule has 176 valence electrons. The summed E-state index contributed by atoms with van der Waals surface area (Å²) in [7, 11) is 4.07. The molecule has 1 aromatic heterocycles. The lowest BCUT2D eigenvalue weighted by Gasteiger charge is -2.38. The van der Waals surface area contributed by atoms with E-state index in [0.29, 0.717) is 5.75 Å². The second kappa shape index (κ2) is 9.94. The zero-order chi connectivity index (χ0) is 23.4. The van der Waals surface area contributed by atoms with Crippen molar-refractivity contribution in [1.29, 1.82) is 0 Å². The van der Waals surface area contributed by atoms with Crippen LogP contribution in [0.3, 0.4) is 0 Å². The van der Waals surface area contributed by atoms with Gasteiger partial charge in [0, 0.05) is 23.6 Å². The Bertz CT molecular complexity index is 936. The summed E-state index contributed by atoms with van der Waals surface area (Å²) in [5, 5.41) is 3.80. The molecule has 3 rings (SSSR count). The molecule has 1 aliphatic carbocycles. The molecule has 32 heavy (non-hydrogen) atoms. The van der Waals surface area contributed by atoms with Crippen molar-refractivity contribution in [1.82, 2.24) is 15.2 Å². The number of likely N-dealkylation sites (N-methyl/N-ethyl adjacent to an activating group) is 1. The van der Waals surface area contributed by atoms with Crippen LogP contribution in [0.15, 0.2) is 24.4 Å². The summed E-state index contributed by atoms with van der Waals surface area (Å²) in [6.07, 6.45) is 6.86. The number of hydrogen-bond donors (Lipinski definition) is 2. The minimum atomic E-state index is -0.668. The number of carbonyl (C=O) groups is 2. The van der Waals surface area contributed by atoms with Crippen molar-refractivity contribution in [3.05, 3.63) is 30.0 Å². The summed E-state index contributed by atoms with van der Waals surface area (Å²) in [6.45, 7) is 6.69. The Hall–Kier alpha value is -2.54. The van der Waals surface area contributed by atoms with E-state index in [4.69, 9.17) is 9.47 Å². The first kappa shape index (κ1) is 24.1. The van der Waals surface area contributed by atoms with Gasteiger partial charge in [-0.1, -0.05) is 12.5 Å². The largest absolute Gasteiger partial charge is 0.457 e. The van der Waals surface area contributed by atoms with Gasteiger partial charge < -0.3 is 24.7 Å². The number of fused-ring (bicyclic) bond motifs is 1. The van der Waals surface area contributed by atoms with Crippen LogP contribution in [-0.4, -0.2) is 54.7 Å². The Morgan fingerprint density at radius 1 is 1.16 bits per heavy atom. The molecule has 2 aromatic rings. The number of amides is 1. The number of benzene rings is 1. The van der Waals surface area contributed by atoms with Crippen molar-refractivity contribution in [2.45, 2.75) is 64.9 Å². The molecule has 0 aliphatic heterocycles. The number of hydrogen-bond acceptors (Lipinski definition) is 5. The fourth-order valence-electron chi connectivity index (χ4n) is 4.08. The molecule has 1 aromatic carbocycles.